The Kier molecular flexibility index (Phi) is 5.36. The summed E-state index contributed by atoms with van der Waals surface area (Å²) in [6.07, 6.45) is -3.50. The van der Waals surface area contributed by atoms with Crippen molar-refractivity contribution in [3.63, 3.8) is 0 Å². The van der Waals surface area contributed by atoms with Crippen molar-refractivity contribution in [2.24, 2.45) is 0 Å². The molecule has 0 atom stereocenters. The van der Waals surface area contributed by atoms with Gasteiger partial charge in [0.25, 0.3) is 0 Å². The van der Waals surface area contributed by atoms with Gasteiger partial charge in [0, 0.05) is 0 Å². The summed E-state index contributed by atoms with van der Waals surface area (Å²) in [5, 5.41) is 11.8. The van der Waals surface area contributed by atoms with E-state index in [1.54, 1.807) is 13.8 Å². The first-order valence-corrected chi connectivity index (χ1v) is 6.64. The second-order valence-electron chi connectivity index (χ2n) is 4.82. The van der Waals surface area contributed by atoms with E-state index in [0.717, 1.165) is 12.1 Å². The molecule has 3 nitrogen and oxygen atoms in total. The summed E-state index contributed by atoms with van der Waals surface area (Å²) < 4.78 is 37.3. The van der Waals surface area contributed by atoms with Gasteiger partial charge in [0.05, 0.1) is 18.1 Å². The van der Waals surface area contributed by atoms with Gasteiger partial charge in [-0.05, 0) is 30.5 Å². The van der Waals surface area contributed by atoms with Crippen molar-refractivity contribution in [1.29, 1.82) is 5.26 Å². The Balaban J connectivity index is 2.74. The highest BCUT2D eigenvalue weighted by atomic mass is 19.4. The van der Waals surface area contributed by atoms with Gasteiger partial charge in [0.1, 0.15) is 5.54 Å². The summed E-state index contributed by atoms with van der Waals surface area (Å²) in [5.41, 5.74) is -1.19. The Morgan fingerprint density at radius 1 is 1.19 bits per heavy atom. The quantitative estimate of drug-likeness (QED) is 0.905. The number of carbonyl (C=O) groups is 1. The molecule has 0 spiro atoms. The second-order valence-corrected chi connectivity index (χ2v) is 4.82. The van der Waals surface area contributed by atoms with E-state index in [-0.39, 0.29) is 12.3 Å². The molecule has 0 bridgehead atoms. The average molecular weight is 298 g/mol. The second kappa shape index (κ2) is 6.61. The van der Waals surface area contributed by atoms with E-state index in [2.05, 4.69) is 11.4 Å². The molecule has 21 heavy (non-hydrogen) atoms. The number of amides is 1. The molecule has 0 aromatic heterocycles. The Bertz CT molecular complexity index is 525. The van der Waals surface area contributed by atoms with Gasteiger partial charge in [0.15, 0.2) is 0 Å². The molecule has 6 heteroatoms. The molecule has 0 aliphatic rings. The number of halogens is 3. The maximum absolute atomic E-state index is 12.4. The van der Waals surface area contributed by atoms with E-state index >= 15 is 0 Å². The zero-order valence-corrected chi connectivity index (χ0v) is 11.9. The summed E-state index contributed by atoms with van der Waals surface area (Å²) in [6.45, 7) is 3.59. The first-order chi connectivity index (χ1) is 9.76. The minimum atomic E-state index is -4.39. The van der Waals surface area contributed by atoms with Crippen LogP contribution in [0.25, 0.3) is 0 Å². The molecule has 114 valence electrons. The lowest BCUT2D eigenvalue weighted by molar-refractivity contribution is -0.137. The van der Waals surface area contributed by atoms with E-state index in [9.17, 15) is 18.0 Å². The number of hydrogen-bond donors (Lipinski definition) is 1. The van der Waals surface area contributed by atoms with Crippen LogP contribution >= 0.6 is 0 Å². The first-order valence-electron chi connectivity index (χ1n) is 6.64. The smallest absolute Gasteiger partial charge is 0.338 e. The van der Waals surface area contributed by atoms with Gasteiger partial charge in [-0.1, -0.05) is 26.0 Å². The third-order valence-corrected chi connectivity index (χ3v) is 3.45. The number of nitrogens with one attached hydrogen (secondary N) is 1. The van der Waals surface area contributed by atoms with Crippen LogP contribution in [0.3, 0.4) is 0 Å². The van der Waals surface area contributed by atoms with E-state index in [0.29, 0.717) is 18.4 Å². The number of carbonyl (C=O) groups excluding carboxylic acids is 1. The Morgan fingerprint density at radius 3 is 2.10 bits per heavy atom. The molecular weight excluding hydrogens is 281 g/mol. The highest BCUT2D eigenvalue weighted by molar-refractivity contribution is 5.79. The summed E-state index contributed by atoms with van der Waals surface area (Å²) in [7, 11) is 0. The molecule has 0 saturated heterocycles. The third-order valence-electron chi connectivity index (χ3n) is 3.45. The van der Waals surface area contributed by atoms with Crippen molar-refractivity contribution in [2.75, 3.05) is 0 Å². The van der Waals surface area contributed by atoms with Gasteiger partial charge in [0.2, 0.25) is 5.91 Å². The van der Waals surface area contributed by atoms with Crippen molar-refractivity contribution in [3.8, 4) is 6.07 Å². The lowest BCUT2D eigenvalue weighted by Crippen LogP contribution is -2.47. The molecule has 1 N–H and O–H groups in total. The topological polar surface area (TPSA) is 52.9 Å². The van der Waals surface area contributed by atoms with Gasteiger partial charge in [-0.15, -0.1) is 0 Å². The summed E-state index contributed by atoms with van der Waals surface area (Å²) in [5.74, 6) is -0.375. The van der Waals surface area contributed by atoms with Gasteiger partial charge in [-0.3, -0.25) is 4.79 Å². The summed E-state index contributed by atoms with van der Waals surface area (Å²) in [6, 6.07) is 6.51. The van der Waals surface area contributed by atoms with Crippen LogP contribution in [-0.4, -0.2) is 11.4 Å². The number of benzene rings is 1. The predicted octanol–water partition coefficient (Wildman–Crippen LogP) is 3.45. The molecule has 1 amide bonds. The van der Waals surface area contributed by atoms with Crippen LogP contribution in [0, 0.1) is 11.3 Å². The average Bonchev–Trinajstić information content (AvgIpc) is 2.44. The lowest BCUT2D eigenvalue weighted by atomic mass is 9.94. The van der Waals surface area contributed by atoms with Crippen LogP contribution in [0.2, 0.25) is 0 Å². The van der Waals surface area contributed by atoms with Crippen LogP contribution in [0.5, 0.6) is 0 Å². The van der Waals surface area contributed by atoms with Gasteiger partial charge in [-0.2, -0.15) is 18.4 Å². The fraction of sp³-hybridized carbons (Fsp3) is 0.467. The molecule has 0 aliphatic heterocycles. The zero-order valence-electron chi connectivity index (χ0n) is 11.9. The SMILES string of the molecule is CCC(C#N)(CC)NC(=O)Cc1ccc(C(F)(F)F)cc1. The van der Waals surface area contributed by atoms with Crippen LogP contribution in [0.15, 0.2) is 24.3 Å². The molecule has 1 aromatic rings. The molecule has 0 radical (unpaired) electrons. The molecular formula is C15H17F3N2O. The Hall–Kier alpha value is -2.03. The fourth-order valence-electron chi connectivity index (χ4n) is 1.92. The monoisotopic (exact) mass is 298 g/mol. The molecule has 1 rings (SSSR count). The first kappa shape index (κ1) is 17.0. The number of nitrogens with zero attached hydrogens (tertiary/aromatic N) is 1. The normalized spacial score (nSPS) is 11.8. The zero-order chi connectivity index (χ0) is 16.1. The molecule has 0 unspecified atom stereocenters. The highest BCUT2D eigenvalue weighted by Gasteiger charge is 2.30. The number of nitriles is 1. The van der Waals surface area contributed by atoms with Crippen molar-refractivity contribution < 1.29 is 18.0 Å². The van der Waals surface area contributed by atoms with Crippen molar-refractivity contribution in [1.82, 2.24) is 5.32 Å². The summed E-state index contributed by atoms with van der Waals surface area (Å²) in [4.78, 5) is 11.9. The van der Waals surface area contributed by atoms with E-state index in [1.807, 2.05) is 0 Å². The molecule has 0 aliphatic carbocycles. The minimum Gasteiger partial charge on any atom is -0.338 e. The molecule has 0 fully saturated rings. The summed E-state index contributed by atoms with van der Waals surface area (Å²) >= 11 is 0. The largest absolute Gasteiger partial charge is 0.416 e. The maximum atomic E-state index is 12.4. The number of alkyl halides is 3. The minimum absolute atomic E-state index is 0.0540. The maximum Gasteiger partial charge on any atom is 0.416 e. The van der Waals surface area contributed by atoms with E-state index < -0.39 is 17.3 Å². The Labute approximate surface area is 121 Å². The van der Waals surface area contributed by atoms with Crippen LogP contribution in [-0.2, 0) is 17.4 Å². The third kappa shape index (κ3) is 4.48. The van der Waals surface area contributed by atoms with Gasteiger partial charge < -0.3 is 5.32 Å². The molecule has 1 aromatic carbocycles. The van der Waals surface area contributed by atoms with Gasteiger partial charge >= 0.3 is 6.18 Å². The fourth-order valence-corrected chi connectivity index (χ4v) is 1.92. The van der Waals surface area contributed by atoms with Gasteiger partial charge in [-0.25, -0.2) is 0 Å². The predicted molar refractivity (Wildman–Crippen MR) is 72.2 cm³/mol. The standard InChI is InChI=1S/C15H17F3N2O/c1-3-14(4-2,10-19)20-13(21)9-11-5-7-12(8-6-11)15(16,17)18/h5-8H,3-4,9H2,1-2H3,(H,20,21). The molecule has 0 heterocycles. The van der Waals surface area contributed by atoms with E-state index in [4.69, 9.17) is 5.26 Å². The number of rotatable bonds is 5. The van der Waals surface area contributed by atoms with Crippen LogP contribution in [0.4, 0.5) is 13.2 Å². The number of hydrogen-bond acceptors (Lipinski definition) is 2. The Morgan fingerprint density at radius 2 is 1.71 bits per heavy atom. The van der Waals surface area contributed by atoms with E-state index in [1.165, 1.54) is 12.1 Å². The van der Waals surface area contributed by atoms with Crippen LogP contribution in [0.1, 0.15) is 37.8 Å². The van der Waals surface area contributed by atoms with Crippen molar-refractivity contribution in [2.45, 2.75) is 44.8 Å². The highest BCUT2D eigenvalue weighted by Crippen LogP contribution is 2.29. The van der Waals surface area contributed by atoms with Crippen molar-refractivity contribution in [3.05, 3.63) is 35.4 Å². The lowest BCUT2D eigenvalue weighted by Gasteiger charge is -2.24. The molecule has 0 saturated carbocycles. The van der Waals surface area contributed by atoms with Crippen molar-refractivity contribution >= 4 is 5.91 Å². The van der Waals surface area contributed by atoms with Crippen LogP contribution < -0.4 is 5.32 Å².